The molecule has 4 nitrogen and oxygen atoms in total. The topological polar surface area (TPSA) is 50.1 Å². The first-order valence-electron chi connectivity index (χ1n) is 7.05. The highest BCUT2D eigenvalue weighted by Gasteiger charge is 2.08. The van der Waals surface area contributed by atoms with E-state index in [4.69, 9.17) is 0 Å². The molecule has 1 unspecified atom stereocenters. The van der Waals surface area contributed by atoms with Gasteiger partial charge in [-0.05, 0) is 39.3 Å². The molecule has 0 amide bonds. The van der Waals surface area contributed by atoms with Crippen LogP contribution in [0.3, 0.4) is 0 Å². The first kappa shape index (κ1) is 14.0. The van der Waals surface area contributed by atoms with Crippen molar-refractivity contribution in [3.05, 3.63) is 30.0 Å². The number of nitrogens with one attached hydrogen (secondary N) is 1. The molecule has 1 aromatic carbocycles. The lowest BCUT2D eigenvalue weighted by molar-refractivity contribution is 0.181. The van der Waals surface area contributed by atoms with Crippen LogP contribution >= 0.6 is 0 Å². The third-order valence-corrected chi connectivity index (χ3v) is 3.30. The van der Waals surface area contributed by atoms with Crippen molar-refractivity contribution in [3.63, 3.8) is 0 Å². The lowest BCUT2D eigenvalue weighted by Crippen LogP contribution is -2.16. The van der Waals surface area contributed by atoms with Gasteiger partial charge in [0.1, 0.15) is 0 Å². The van der Waals surface area contributed by atoms with Crippen molar-refractivity contribution in [1.82, 2.24) is 15.1 Å². The SMILES string of the molecule is CCn1nc(CNCCCC(C)O)c2ccccc21. The normalized spacial score (nSPS) is 13.0. The van der Waals surface area contributed by atoms with Crippen molar-refractivity contribution in [3.8, 4) is 0 Å². The Balaban J connectivity index is 1.97. The lowest BCUT2D eigenvalue weighted by atomic mass is 10.2. The Hall–Kier alpha value is -1.39. The van der Waals surface area contributed by atoms with Crippen LogP contribution in [0.2, 0.25) is 0 Å². The summed E-state index contributed by atoms with van der Waals surface area (Å²) in [5.74, 6) is 0. The fraction of sp³-hybridized carbons (Fsp3) is 0.533. The van der Waals surface area contributed by atoms with Crippen molar-refractivity contribution in [2.75, 3.05) is 6.54 Å². The minimum atomic E-state index is -0.207. The Morgan fingerprint density at radius 3 is 2.89 bits per heavy atom. The number of para-hydroxylation sites is 1. The smallest absolute Gasteiger partial charge is 0.0841 e. The maximum atomic E-state index is 9.20. The summed E-state index contributed by atoms with van der Waals surface area (Å²) in [6, 6.07) is 8.35. The predicted octanol–water partition coefficient (Wildman–Crippen LogP) is 2.31. The maximum absolute atomic E-state index is 9.20. The van der Waals surface area contributed by atoms with Gasteiger partial charge in [-0.15, -0.1) is 0 Å². The Labute approximate surface area is 114 Å². The van der Waals surface area contributed by atoms with E-state index in [9.17, 15) is 5.11 Å². The number of rotatable bonds is 7. The molecular weight excluding hydrogens is 238 g/mol. The van der Waals surface area contributed by atoms with Gasteiger partial charge >= 0.3 is 0 Å². The third kappa shape index (κ3) is 3.55. The number of fused-ring (bicyclic) bond motifs is 1. The van der Waals surface area contributed by atoms with Crippen LogP contribution in [0.25, 0.3) is 10.9 Å². The van der Waals surface area contributed by atoms with Gasteiger partial charge in [0.25, 0.3) is 0 Å². The Kier molecular flexibility index (Phi) is 4.93. The van der Waals surface area contributed by atoms with E-state index >= 15 is 0 Å². The highest BCUT2D eigenvalue weighted by Crippen LogP contribution is 2.18. The molecule has 0 fully saturated rings. The Morgan fingerprint density at radius 1 is 1.37 bits per heavy atom. The first-order chi connectivity index (χ1) is 9.22. The quantitative estimate of drug-likeness (QED) is 0.752. The zero-order valence-electron chi connectivity index (χ0n) is 11.8. The van der Waals surface area contributed by atoms with Crippen LogP contribution < -0.4 is 5.32 Å². The molecule has 0 spiro atoms. The molecule has 104 valence electrons. The van der Waals surface area contributed by atoms with Crippen LogP contribution in [0.1, 0.15) is 32.4 Å². The average Bonchev–Trinajstić information content (AvgIpc) is 2.76. The molecule has 1 atom stereocenters. The van der Waals surface area contributed by atoms with Crippen LogP contribution in [0, 0.1) is 0 Å². The molecule has 0 aliphatic heterocycles. The molecule has 1 heterocycles. The highest BCUT2D eigenvalue weighted by atomic mass is 16.3. The van der Waals surface area contributed by atoms with Crippen molar-refractivity contribution < 1.29 is 5.11 Å². The average molecular weight is 261 g/mol. The summed E-state index contributed by atoms with van der Waals surface area (Å²) in [6.07, 6.45) is 1.63. The van der Waals surface area contributed by atoms with E-state index in [1.807, 2.05) is 11.6 Å². The summed E-state index contributed by atoms with van der Waals surface area (Å²) in [6.45, 7) is 6.53. The Morgan fingerprint density at radius 2 is 2.16 bits per heavy atom. The van der Waals surface area contributed by atoms with E-state index < -0.39 is 0 Å². The molecule has 2 N–H and O–H groups in total. The summed E-state index contributed by atoms with van der Waals surface area (Å²) in [5.41, 5.74) is 2.31. The zero-order chi connectivity index (χ0) is 13.7. The van der Waals surface area contributed by atoms with E-state index in [-0.39, 0.29) is 6.10 Å². The van der Waals surface area contributed by atoms with E-state index in [0.29, 0.717) is 0 Å². The molecular formula is C15H23N3O. The van der Waals surface area contributed by atoms with Gasteiger partial charge in [-0.3, -0.25) is 4.68 Å². The maximum Gasteiger partial charge on any atom is 0.0841 e. The summed E-state index contributed by atoms with van der Waals surface area (Å²) in [5, 5.41) is 18.5. The number of aliphatic hydroxyl groups excluding tert-OH is 1. The molecule has 0 aliphatic carbocycles. The minimum Gasteiger partial charge on any atom is -0.393 e. The van der Waals surface area contributed by atoms with Crippen LogP contribution in [-0.2, 0) is 13.1 Å². The summed E-state index contributed by atoms with van der Waals surface area (Å²) in [4.78, 5) is 0. The van der Waals surface area contributed by atoms with Gasteiger partial charge in [-0.25, -0.2) is 0 Å². The summed E-state index contributed by atoms with van der Waals surface area (Å²) < 4.78 is 2.04. The van der Waals surface area contributed by atoms with E-state index in [1.165, 1.54) is 10.9 Å². The van der Waals surface area contributed by atoms with Gasteiger partial charge in [0.05, 0.1) is 17.3 Å². The minimum absolute atomic E-state index is 0.207. The number of benzene rings is 1. The van der Waals surface area contributed by atoms with Crippen molar-refractivity contribution in [2.24, 2.45) is 0 Å². The zero-order valence-corrected chi connectivity index (χ0v) is 11.8. The van der Waals surface area contributed by atoms with Crippen molar-refractivity contribution >= 4 is 10.9 Å². The van der Waals surface area contributed by atoms with E-state index in [2.05, 4.69) is 41.6 Å². The van der Waals surface area contributed by atoms with Crippen molar-refractivity contribution in [2.45, 2.75) is 45.9 Å². The molecule has 2 aromatic rings. The number of aryl methyl sites for hydroxylation is 1. The van der Waals surface area contributed by atoms with Crippen LogP contribution in [-0.4, -0.2) is 27.5 Å². The molecule has 0 aliphatic rings. The molecule has 1 aromatic heterocycles. The monoisotopic (exact) mass is 261 g/mol. The number of nitrogens with zero attached hydrogens (tertiary/aromatic N) is 2. The van der Waals surface area contributed by atoms with Crippen molar-refractivity contribution in [1.29, 1.82) is 0 Å². The van der Waals surface area contributed by atoms with Gasteiger partial charge in [0.15, 0.2) is 0 Å². The second-order valence-corrected chi connectivity index (χ2v) is 4.95. The second kappa shape index (κ2) is 6.68. The van der Waals surface area contributed by atoms with Gasteiger partial charge in [-0.1, -0.05) is 18.2 Å². The van der Waals surface area contributed by atoms with Gasteiger partial charge in [0, 0.05) is 18.5 Å². The van der Waals surface area contributed by atoms with E-state index in [0.717, 1.165) is 38.2 Å². The van der Waals surface area contributed by atoms with Crippen LogP contribution in [0.5, 0.6) is 0 Å². The Bertz CT molecular complexity index is 519. The molecule has 0 radical (unpaired) electrons. The predicted molar refractivity (Wildman–Crippen MR) is 78.0 cm³/mol. The fourth-order valence-electron chi connectivity index (χ4n) is 2.30. The van der Waals surface area contributed by atoms with Gasteiger partial charge < -0.3 is 10.4 Å². The van der Waals surface area contributed by atoms with Gasteiger partial charge in [-0.2, -0.15) is 5.10 Å². The first-order valence-corrected chi connectivity index (χ1v) is 7.05. The molecule has 0 saturated heterocycles. The molecule has 2 rings (SSSR count). The fourth-order valence-corrected chi connectivity index (χ4v) is 2.30. The number of aromatic nitrogens is 2. The molecule has 4 heteroatoms. The number of hydrogen-bond donors (Lipinski definition) is 2. The summed E-state index contributed by atoms with van der Waals surface area (Å²) >= 11 is 0. The standard InChI is InChI=1S/C15H23N3O/c1-3-18-15-9-5-4-8-13(15)14(17-18)11-16-10-6-7-12(2)19/h4-5,8-9,12,16,19H,3,6-7,10-11H2,1-2H3. The third-order valence-electron chi connectivity index (χ3n) is 3.30. The highest BCUT2D eigenvalue weighted by molar-refractivity contribution is 5.81. The molecule has 19 heavy (non-hydrogen) atoms. The largest absolute Gasteiger partial charge is 0.393 e. The number of aliphatic hydroxyl groups is 1. The lowest BCUT2D eigenvalue weighted by Gasteiger charge is -2.05. The summed E-state index contributed by atoms with van der Waals surface area (Å²) in [7, 11) is 0. The molecule has 0 bridgehead atoms. The second-order valence-electron chi connectivity index (χ2n) is 4.95. The molecule has 0 saturated carbocycles. The van der Waals surface area contributed by atoms with Gasteiger partial charge in [0.2, 0.25) is 0 Å². The number of hydrogen-bond acceptors (Lipinski definition) is 3. The van der Waals surface area contributed by atoms with Crippen LogP contribution in [0.15, 0.2) is 24.3 Å². The van der Waals surface area contributed by atoms with E-state index in [1.54, 1.807) is 0 Å². The van der Waals surface area contributed by atoms with Crippen LogP contribution in [0.4, 0.5) is 0 Å².